The summed E-state index contributed by atoms with van der Waals surface area (Å²) in [5, 5.41) is 18.5. The summed E-state index contributed by atoms with van der Waals surface area (Å²) in [6, 6.07) is 0. The normalized spacial score (nSPS) is 12.9. The van der Waals surface area contributed by atoms with Crippen LogP contribution >= 0.6 is 0 Å². The zero-order valence-electron chi connectivity index (χ0n) is 10.1. The molecule has 5 N–H and O–H groups in total. The Morgan fingerprint density at radius 2 is 2.37 bits per heavy atom. The first kappa shape index (κ1) is 13.5. The lowest BCUT2D eigenvalue weighted by Crippen LogP contribution is -2.17. The lowest BCUT2D eigenvalue weighted by Gasteiger charge is -2.12. The summed E-state index contributed by atoms with van der Waals surface area (Å²) in [6.07, 6.45) is 0.756. The highest BCUT2D eigenvalue weighted by Gasteiger charge is 2.14. The second-order valence-corrected chi connectivity index (χ2v) is 3.91. The zero-order chi connectivity index (χ0) is 13.8. The van der Waals surface area contributed by atoms with Crippen LogP contribution in [0.15, 0.2) is 11.1 Å². The van der Waals surface area contributed by atoms with Crippen molar-refractivity contribution in [2.45, 2.75) is 12.6 Å². The van der Waals surface area contributed by atoms with E-state index in [0.29, 0.717) is 13.0 Å². The summed E-state index contributed by atoms with van der Waals surface area (Å²) in [5.74, 6) is -0.0485. The van der Waals surface area contributed by atoms with E-state index in [1.165, 1.54) is 10.9 Å². The van der Waals surface area contributed by atoms with Gasteiger partial charge in [0.05, 0.1) is 12.9 Å². The molecule has 0 saturated heterocycles. The number of anilines is 1. The van der Waals surface area contributed by atoms with E-state index in [1.807, 2.05) is 0 Å². The molecular formula is C10H15N5O4. The largest absolute Gasteiger partial charge is 0.396 e. The molecule has 0 aliphatic rings. The van der Waals surface area contributed by atoms with E-state index in [9.17, 15) is 9.90 Å². The van der Waals surface area contributed by atoms with Gasteiger partial charge in [-0.05, 0) is 6.42 Å². The fourth-order valence-electron chi connectivity index (χ4n) is 1.60. The van der Waals surface area contributed by atoms with E-state index < -0.39 is 11.8 Å². The first-order chi connectivity index (χ1) is 9.13. The van der Waals surface area contributed by atoms with Gasteiger partial charge >= 0.3 is 0 Å². The third-order valence-corrected chi connectivity index (χ3v) is 2.49. The highest BCUT2D eigenvalue weighted by Crippen LogP contribution is 2.12. The highest BCUT2D eigenvalue weighted by molar-refractivity contribution is 5.70. The molecule has 1 atom stereocenters. The van der Waals surface area contributed by atoms with Gasteiger partial charge in [0.1, 0.15) is 0 Å². The van der Waals surface area contributed by atoms with Crippen LogP contribution in [0.1, 0.15) is 12.6 Å². The Bertz CT molecular complexity index is 607. The third-order valence-electron chi connectivity index (χ3n) is 2.49. The van der Waals surface area contributed by atoms with Crippen LogP contribution in [0, 0.1) is 0 Å². The van der Waals surface area contributed by atoms with Gasteiger partial charge in [0.15, 0.2) is 17.4 Å². The van der Waals surface area contributed by atoms with Gasteiger partial charge in [-0.25, -0.2) is 4.98 Å². The van der Waals surface area contributed by atoms with Gasteiger partial charge in [-0.3, -0.25) is 14.3 Å². The molecule has 1 unspecified atom stereocenters. The second kappa shape index (κ2) is 5.78. The number of aromatic amines is 1. The van der Waals surface area contributed by atoms with Gasteiger partial charge in [0, 0.05) is 13.2 Å². The number of nitrogens with zero attached hydrogens (tertiary/aromatic N) is 3. The van der Waals surface area contributed by atoms with Crippen molar-refractivity contribution in [3.8, 4) is 0 Å². The summed E-state index contributed by atoms with van der Waals surface area (Å²) in [4.78, 5) is 21.7. The van der Waals surface area contributed by atoms with E-state index in [1.54, 1.807) is 0 Å². The topological polar surface area (TPSA) is 139 Å². The molecule has 0 amide bonds. The van der Waals surface area contributed by atoms with Crippen molar-refractivity contribution in [3.05, 3.63) is 16.7 Å². The fourth-order valence-corrected chi connectivity index (χ4v) is 1.60. The van der Waals surface area contributed by atoms with E-state index in [0.717, 1.165) is 0 Å². The van der Waals surface area contributed by atoms with Crippen LogP contribution in [0.2, 0.25) is 0 Å². The number of hydrogen-bond donors (Lipinski definition) is 4. The van der Waals surface area contributed by atoms with Crippen molar-refractivity contribution >= 4 is 17.1 Å². The van der Waals surface area contributed by atoms with Gasteiger partial charge in [0.2, 0.25) is 5.95 Å². The molecule has 2 aromatic heterocycles. The van der Waals surface area contributed by atoms with Gasteiger partial charge in [-0.1, -0.05) is 0 Å². The standard InChI is InChI=1S/C10H15N5O4/c11-10-13-8-7(9(18)14-10)12-5-15(8)6(17)4-19-3-1-2-16/h5-6,16-17H,1-4H2,(H3,11,13,14,18). The van der Waals surface area contributed by atoms with Crippen molar-refractivity contribution in [1.29, 1.82) is 0 Å². The van der Waals surface area contributed by atoms with Gasteiger partial charge in [-0.2, -0.15) is 4.98 Å². The van der Waals surface area contributed by atoms with Crippen LogP contribution in [0.3, 0.4) is 0 Å². The molecule has 2 heterocycles. The predicted molar refractivity (Wildman–Crippen MR) is 66.3 cm³/mol. The minimum Gasteiger partial charge on any atom is -0.396 e. The zero-order valence-corrected chi connectivity index (χ0v) is 10.1. The van der Waals surface area contributed by atoms with Gasteiger partial charge in [0.25, 0.3) is 5.56 Å². The summed E-state index contributed by atoms with van der Waals surface area (Å²) in [6.45, 7) is 0.355. The van der Waals surface area contributed by atoms with Crippen LogP contribution in [0.5, 0.6) is 0 Å². The number of ether oxygens (including phenoxy) is 1. The lowest BCUT2D eigenvalue weighted by atomic mass is 10.5. The van der Waals surface area contributed by atoms with E-state index >= 15 is 0 Å². The number of nitrogens with one attached hydrogen (secondary N) is 1. The highest BCUT2D eigenvalue weighted by atomic mass is 16.5. The third kappa shape index (κ3) is 2.89. The summed E-state index contributed by atoms with van der Waals surface area (Å²) in [5.41, 5.74) is 5.28. The molecule has 2 rings (SSSR count). The smallest absolute Gasteiger partial charge is 0.280 e. The monoisotopic (exact) mass is 269 g/mol. The number of aromatic nitrogens is 4. The first-order valence-corrected chi connectivity index (χ1v) is 5.72. The molecule has 0 radical (unpaired) electrons. The summed E-state index contributed by atoms with van der Waals surface area (Å²) in [7, 11) is 0. The SMILES string of the molecule is Nc1nc2c(ncn2C(O)COCCCO)c(=O)[nH]1. The number of rotatable bonds is 6. The molecule has 0 aliphatic carbocycles. The Morgan fingerprint density at radius 1 is 1.58 bits per heavy atom. The fraction of sp³-hybridized carbons (Fsp3) is 0.500. The predicted octanol–water partition coefficient (Wildman–Crippen LogP) is -1.41. The van der Waals surface area contributed by atoms with Crippen LogP contribution in [0.4, 0.5) is 5.95 Å². The molecule has 0 aliphatic heterocycles. The molecule has 0 fully saturated rings. The van der Waals surface area contributed by atoms with Crippen molar-refractivity contribution < 1.29 is 14.9 Å². The number of hydrogen-bond acceptors (Lipinski definition) is 7. The number of nitrogen functional groups attached to an aromatic ring is 1. The van der Waals surface area contributed by atoms with Crippen molar-refractivity contribution in [2.75, 3.05) is 25.6 Å². The lowest BCUT2D eigenvalue weighted by molar-refractivity contribution is -0.00524. The minimum atomic E-state index is -1.03. The Morgan fingerprint density at radius 3 is 3.11 bits per heavy atom. The molecule has 2 aromatic rings. The number of nitrogens with two attached hydrogens (primary N) is 1. The number of imidazole rings is 1. The maximum absolute atomic E-state index is 11.5. The molecular weight excluding hydrogens is 254 g/mol. The molecule has 104 valence electrons. The number of aliphatic hydroxyl groups excluding tert-OH is 2. The number of aliphatic hydroxyl groups is 2. The summed E-state index contributed by atoms with van der Waals surface area (Å²) >= 11 is 0. The van der Waals surface area contributed by atoms with Gasteiger partial charge < -0.3 is 20.7 Å². The maximum Gasteiger partial charge on any atom is 0.280 e. The van der Waals surface area contributed by atoms with Crippen LogP contribution in [-0.2, 0) is 4.74 Å². The Hall–Kier alpha value is -1.97. The minimum absolute atomic E-state index is 0.000155. The van der Waals surface area contributed by atoms with E-state index in [4.69, 9.17) is 15.6 Å². The van der Waals surface area contributed by atoms with Crippen LogP contribution < -0.4 is 11.3 Å². The van der Waals surface area contributed by atoms with E-state index in [-0.39, 0.29) is 30.3 Å². The molecule has 0 saturated carbocycles. The quantitative estimate of drug-likeness (QED) is 0.472. The van der Waals surface area contributed by atoms with Crippen LogP contribution in [0.25, 0.3) is 11.2 Å². The molecule has 9 heteroatoms. The summed E-state index contributed by atoms with van der Waals surface area (Å²) < 4.78 is 6.47. The Labute approximate surface area is 107 Å². The van der Waals surface area contributed by atoms with Gasteiger partial charge in [-0.15, -0.1) is 0 Å². The molecule has 0 bridgehead atoms. The van der Waals surface area contributed by atoms with Crippen molar-refractivity contribution in [2.24, 2.45) is 0 Å². The van der Waals surface area contributed by atoms with E-state index in [2.05, 4.69) is 15.0 Å². The molecule has 9 nitrogen and oxygen atoms in total. The average molecular weight is 269 g/mol. The van der Waals surface area contributed by atoms with Crippen LogP contribution in [-0.4, -0.2) is 49.6 Å². The maximum atomic E-state index is 11.5. The molecule has 19 heavy (non-hydrogen) atoms. The first-order valence-electron chi connectivity index (χ1n) is 5.72. The Kier molecular flexibility index (Phi) is 4.10. The van der Waals surface area contributed by atoms with Crippen molar-refractivity contribution in [3.63, 3.8) is 0 Å². The molecule has 0 aromatic carbocycles. The Balaban J connectivity index is 2.18. The second-order valence-electron chi connectivity index (χ2n) is 3.91. The number of fused-ring (bicyclic) bond motifs is 1. The van der Waals surface area contributed by atoms with Crippen molar-refractivity contribution in [1.82, 2.24) is 19.5 Å². The number of H-pyrrole nitrogens is 1. The molecule has 0 spiro atoms. The average Bonchev–Trinajstić information content (AvgIpc) is 2.78.